The normalized spacial score (nSPS) is 17.1. The lowest BCUT2D eigenvalue weighted by Gasteiger charge is -2.32. The number of aliphatic hydroxyl groups excluding tert-OH is 3. The van der Waals surface area contributed by atoms with Gasteiger partial charge in [-0.25, -0.2) is 0 Å². The SMILES string of the molecule is C[N+](C)(CC(O)CO)CC(O)CS(=O)(=O)O. The molecule has 0 rings (SSSR count). The molecule has 16 heavy (non-hydrogen) atoms. The fourth-order valence-corrected chi connectivity index (χ4v) is 2.16. The Morgan fingerprint density at radius 2 is 1.56 bits per heavy atom. The molecular formula is C8H20NO6S+. The van der Waals surface area contributed by atoms with E-state index in [1.54, 1.807) is 14.1 Å². The van der Waals surface area contributed by atoms with Crippen LogP contribution in [0, 0.1) is 0 Å². The van der Waals surface area contributed by atoms with Gasteiger partial charge in [-0.2, -0.15) is 8.42 Å². The molecule has 0 saturated carbocycles. The number of likely N-dealkylation sites (N-methyl/N-ethyl adjacent to an activating group) is 1. The quantitative estimate of drug-likeness (QED) is 0.301. The Morgan fingerprint density at radius 1 is 1.12 bits per heavy atom. The Kier molecular flexibility index (Phi) is 5.80. The maximum absolute atomic E-state index is 10.5. The van der Waals surface area contributed by atoms with E-state index in [4.69, 9.17) is 9.66 Å². The van der Waals surface area contributed by atoms with E-state index in [1.807, 2.05) is 0 Å². The third kappa shape index (κ3) is 7.97. The zero-order valence-corrected chi connectivity index (χ0v) is 10.3. The van der Waals surface area contributed by atoms with Crippen LogP contribution in [0.25, 0.3) is 0 Å². The van der Waals surface area contributed by atoms with Gasteiger partial charge in [0.05, 0.1) is 20.7 Å². The van der Waals surface area contributed by atoms with Gasteiger partial charge in [-0.05, 0) is 0 Å². The van der Waals surface area contributed by atoms with Crippen molar-refractivity contribution < 1.29 is 32.8 Å². The lowest BCUT2D eigenvalue weighted by Crippen LogP contribution is -2.51. The van der Waals surface area contributed by atoms with Crippen molar-refractivity contribution in [1.82, 2.24) is 0 Å². The number of nitrogens with zero attached hydrogens (tertiary/aromatic N) is 1. The first-order chi connectivity index (χ1) is 7.06. The third-order valence-electron chi connectivity index (χ3n) is 2.02. The van der Waals surface area contributed by atoms with Crippen molar-refractivity contribution in [2.75, 3.05) is 39.5 Å². The molecule has 0 aromatic heterocycles. The second-order valence-corrected chi connectivity index (χ2v) is 6.04. The molecule has 0 aromatic carbocycles. The van der Waals surface area contributed by atoms with Crippen LogP contribution in [0.3, 0.4) is 0 Å². The van der Waals surface area contributed by atoms with Gasteiger partial charge < -0.3 is 19.8 Å². The minimum atomic E-state index is -4.20. The topological polar surface area (TPSA) is 115 Å². The van der Waals surface area contributed by atoms with Crippen LogP contribution in [0.4, 0.5) is 0 Å². The van der Waals surface area contributed by atoms with Gasteiger partial charge in [0.15, 0.2) is 0 Å². The minimum absolute atomic E-state index is 0.0524. The van der Waals surface area contributed by atoms with E-state index in [1.165, 1.54) is 0 Å². The fourth-order valence-electron chi connectivity index (χ4n) is 1.57. The lowest BCUT2D eigenvalue weighted by atomic mass is 10.2. The first-order valence-electron chi connectivity index (χ1n) is 4.80. The van der Waals surface area contributed by atoms with Crippen molar-refractivity contribution in [3.8, 4) is 0 Å². The molecule has 0 aliphatic carbocycles. The summed E-state index contributed by atoms with van der Waals surface area (Å²) in [4.78, 5) is 0. The van der Waals surface area contributed by atoms with Crippen LogP contribution in [-0.2, 0) is 10.1 Å². The van der Waals surface area contributed by atoms with Crippen molar-refractivity contribution in [3.05, 3.63) is 0 Å². The molecule has 2 unspecified atom stereocenters. The molecule has 0 heterocycles. The zero-order chi connectivity index (χ0) is 13.0. The third-order valence-corrected chi connectivity index (χ3v) is 2.83. The van der Waals surface area contributed by atoms with Crippen molar-refractivity contribution in [2.24, 2.45) is 0 Å². The van der Waals surface area contributed by atoms with E-state index >= 15 is 0 Å². The van der Waals surface area contributed by atoms with Crippen LogP contribution < -0.4 is 0 Å². The van der Waals surface area contributed by atoms with Crippen molar-refractivity contribution in [3.63, 3.8) is 0 Å². The van der Waals surface area contributed by atoms with Crippen LogP contribution >= 0.6 is 0 Å². The Balaban J connectivity index is 4.25. The highest BCUT2D eigenvalue weighted by Gasteiger charge is 2.26. The largest absolute Gasteiger partial charge is 0.393 e. The van der Waals surface area contributed by atoms with Crippen molar-refractivity contribution in [1.29, 1.82) is 0 Å². The zero-order valence-electron chi connectivity index (χ0n) is 9.44. The maximum atomic E-state index is 10.5. The first kappa shape index (κ1) is 15.8. The van der Waals surface area contributed by atoms with Crippen molar-refractivity contribution >= 4 is 10.1 Å². The molecule has 7 nitrogen and oxygen atoms in total. The second kappa shape index (κ2) is 5.89. The van der Waals surface area contributed by atoms with Crippen LogP contribution in [-0.4, -0.2) is 84.5 Å². The molecule has 0 aliphatic rings. The average molecular weight is 258 g/mol. The van der Waals surface area contributed by atoms with Gasteiger partial charge in [-0.15, -0.1) is 0 Å². The summed E-state index contributed by atoms with van der Waals surface area (Å²) >= 11 is 0. The summed E-state index contributed by atoms with van der Waals surface area (Å²) in [6.07, 6.45) is -2.14. The molecule has 8 heteroatoms. The predicted molar refractivity (Wildman–Crippen MR) is 57.4 cm³/mol. The standard InChI is InChI=1S/C8H19NO6S/c1-9(2,3-7(11)5-10)4-8(12)6-16(13,14)15/h7-8,10-12H,3-6H2,1-2H3/p+1. The molecule has 0 spiro atoms. The van der Waals surface area contributed by atoms with E-state index in [0.717, 1.165) is 0 Å². The Labute approximate surface area is 95.3 Å². The smallest absolute Gasteiger partial charge is 0.267 e. The highest BCUT2D eigenvalue weighted by atomic mass is 32.2. The van der Waals surface area contributed by atoms with Crippen LogP contribution in [0.5, 0.6) is 0 Å². The number of hydrogen-bond acceptors (Lipinski definition) is 5. The molecule has 0 amide bonds. The number of hydrogen-bond donors (Lipinski definition) is 4. The molecule has 0 saturated heterocycles. The molecule has 0 fully saturated rings. The van der Waals surface area contributed by atoms with Gasteiger partial charge in [-0.1, -0.05) is 0 Å². The van der Waals surface area contributed by atoms with E-state index in [2.05, 4.69) is 0 Å². The van der Waals surface area contributed by atoms with Gasteiger partial charge in [0, 0.05) is 0 Å². The predicted octanol–water partition coefficient (Wildman–Crippen LogP) is -2.34. The number of aliphatic hydroxyl groups is 3. The molecule has 0 aromatic rings. The summed E-state index contributed by atoms with van der Waals surface area (Å²) in [5.41, 5.74) is 0. The Bertz CT molecular complexity index is 302. The number of quaternary nitrogens is 1. The molecule has 98 valence electrons. The highest BCUT2D eigenvalue weighted by Crippen LogP contribution is 2.04. The number of rotatable bonds is 7. The summed E-state index contributed by atoms with van der Waals surface area (Å²) in [6.45, 7) is -0.161. The van der Waals surface area contributed by atoms with Gasteiger partial charge in [0.1, 0.15) is 31.1 Å². The molecular weight excluding hydrogens is 238 g/mol. The molecule has 0 radical (unpaired) electrons. The first-order valence-corrected chi connectivity index (χ1v) is 6.41. The maximum Gasteiger partial charge on any atom is 0.267 e. The van der Waals surface area contributed by atoms with Crippen molar-refractivity contribution in [2.45, 2.75) is 12.2 Å². The monoisotopic (exact) mass is 258 g/mol. The summed E-state index contributed by atoms with van der Waals surface area (Å²) in [6, 6.07) is 0. The van der Waals surface area contributed by atoms with E-state index < -0.39 is 34.7 Å². The van der Waals surface area contributed by atoms with Crippen LogP contribution in [0.1, 0.15) is 0 Å². The Hall–Kier alpha value is -0.250. The van der Waals surface area contributed by atoms with Crippen LogP contribution in [0.2, 0.25) is 0 Å². The summed E-state index contributed by atoms with van der Waals surface area (Å²) in [7, 11) is -0.856. The minimum Gasteiger partial charge on any atom is -0.393 e. The average Bonchev–Trinajstić information content (AvgIpc) is 1.97. The summed E-state index contributed by atoms with van der Waals surface area (Å²) < 4.78 is 29.7. The van der Waals surface area contributed by atoms with E-state index in [-0.39, 0.29) is 17.6 Å². The second-order valence-electron chi connectivity index (χ2n) is 4.54. The lowest BCUT2D eigenvalue weighted by molar-refractivity contribution is -0.896. The molecule has 2 atom stereocenters. The molecule has 4 N–H and O–H groups in total. The highest BCUT2D eigenvalue weighted by molar-refractivity contribution is 7.85. The van der Waals surface area contributed by atoms with Crippen LogP contribution in [0.15, 0.2) is 0 Å². The van der Waals surface area contributed by atoms with E-state index in [0.29, 0.717) is 0 Å². The Morgan fingerprint density at radius 3 is 1.94 bits per heavy atom. The summed E-state index contributed by atoms with van der Waals surface area (Å²) in [5.74, 6) is -0.732. The summed E-state index contributed by atoms with van der Waals surface area (Å²) in [5, 5.41) is 27.3. The van der Waals surface area contributed by atoms with Gasteiger partial charge in [0.2, 0.25) is 0 Å². The van der Waals surface area contributed by atoms with E-state index in [9.17, 15) is 18.6 Å². The fraction of sp³-hybridized carbons (Fsp3) is 1.00. The van der Waals surface area contributed by atoms with Gasteiger partial charge in [0.25, 0.3) is 10.1 Å². The molecule has 0 aliphatic heterocycles. The van der Waals surface area contributed by atoms with Gasteiger partial charge in [-0.3, -0.25) is 4.55 Å². The molecule has 0 bridgehead atoms. The van der Waals surface area contributed by atoms with Gasteiger partial charge >= 0.3 is 0 Å².